The minimum atomic E-state index is -1.92. The maximum atomic E-state index is 11.0. The van der Waals surface area contributed by atoms with Gasteiger partial charge in [0.2, 0.25) is 0 Å². The summed E-state index contributed by atoms with van der Waals surface area (Å²) in [6.45, 7) is 0. The predicted octanol–water partition coefficient (Wildman–Crippen LogP) is -1.55. The number of aliphatic hydroxyl groups is 2. The average Bonchev–Trinajstić information content (AvgIpc) is 2.69. The lowest BCUT2D eigenvalue weighted by Crippen LogP contribution is -2.47. The number of aryl methyl sites for hydroxylation is 1. The number of hydrogen-bond acceptors (Lipinski definition) is 6. The van der Waals surface area contributed by atoms with Gasteiger partial charge in [0.25, 0.3) is 11.8 Å². The molecule has 1 amide bonds. The van der Waals surface area contributed by atoms with Crippen LogP contribution in [0.25, 0.3) is 0 Å². The molecule has 0 radical (unpaired) electrons. The van der Waals surface area contributed by atoms with E-state index in [1.165, 1.54) is 10.8 Å². The van der Waals surface area contributed by atoms with Crippen LogP contribution >= 0.6 is 0 Å². The molecule has 1 aromatic rings. The molecule has 5 N–H and O–H groups in total. The molecule has 0 bridgehead atoms. The van der Waals surface area contributed by atoms with Gasteiger partial charge >= 0.3 is 0 Å². The molecule has 2 heterocycles. The molecule has 0 saturated heterocycles. The molecule has 8 nitrogen and oxygen atoms in total. The third-order valence-corrected chi connectivity index (χ3v) is 2.31. The van der Waals surface area contributed by atoms with Gasteiger partial charge in [-0.15, -0.1) is 0 Å². The summed E-state index contributed by atoms with van der Waals surface area (Å²) in [7, 11) is 1.65. The molecule has 17 heavy (non-hydrogen) atoms. The van der Waals surface area contributed by atoms with E-state index < -0.39 is 17.5 Å². The van der Waals surface area contributed by atoms with Crippen LogP contribution in [0.5, 0.6) is 0 Å². The van der Waals surface area contributed by atoms with E-state index in [0.29, 0.717) is 0 Å². The van der Waals surface area contributed by atoms with Crippen molar-refractivity contribution in [2.24, 2.45) is 17.8 Å². The third-order valence-electron chi connectivity index (χ3n) is 2.31. The highest BCUT2D eigenvalue weighted by Crippen LogP contribution is 2.22. The van der Waals surface area contributed by atoms with Crippen LogP contribution in [-0.2, 0) is 17.7 Å². The van der Waals surface area contributed by atoms with Gasteiger partial charge in [-0.25, -0.2) is 9.98 Å². The summed E-state index contributed by atoms with van der Waals surface area (Å²) in [5.74, 6) is -3.09. The van der Waals surface area contributed by atoms with Crippen molar-refractivity contribution in [3.05, 3.63) is 29.7 Å². The molecule has 1 atom stereocenters. The molecule has 0 fully saturated rings. The SMILES string of the molecule is Cn1ccnc1C1(O)N=CC(O)=C(C(N)=O)N1. The van der Waals surface area contributed by atoms with Crippen LogP contribution in [0.15, 0.2) is 28.8 Å². The van der Waals surface area contributed by atoms with E-state index in [9.17, 15) is 15.0 Å². The number of carbonyl (C=O) groups is 1. The number of nitrogens with one attached hydrogen (secondary N) is 1. The van der Waals surface area contributed by atoms with E-state index in [4.69, 9.17) is 5.73 Å². The van der Waals surface area contributed by atoms with Gasteiger partial charge in [0, 0.05) is 19.4 Å². The van der Waals surface area contributed by atoms with Gasteiger partial charge in [-0.3, -0.25) is 4.79 Å². The number of carbonyl (C=O) groups excluding carboxylic acids is 1. The monoisotopic (exact) mass is 237 g/mol. The van der Waals surface area contributed by atoms with E-state index in [2.05, 4.69) is 15.3 Å². The normalized spacial score (nSPS) is 23.6. The van der Waals surface area contributed by atoms with Gasteiger partial charge in [0.05, 0.1) is 6.21 Å². The highest BCUT2D eigenvalue weighted by Gasteiger charge is 2.37. The Hall–Kier alpha value is -2.35. The van der Waals surface area contributed by atoms with Crippen LogP contribution in [0, 0.1) is 0 Å². The Morgan fingerprint density at radius 3 is 2.88 bits per heavy atom. The first kappa shape index (κ1) is 11.1. The Balaban J connectivity index is 2.42. The lowest BCUT2D eigenvalue weighted by Gasteiger charge is -2.28. The van der Waals surface area contributed by atoms with Crippen LogP contribution in [-0.4, -0.2) is 31.9 Å². The molecule has 1 aliphatic rings. The first-order valence-electron chi connectivity index (χ1n) is 4.70. The first-order chi connectivity index (χ1) is 7.94. The topological polar surface area (TPSA) is 126 Å². The number of aromatic nitrogens is 2. The summed E-state index contributed by atoms with van der Waals surface area (Å²) >= 11 is 0. The molecule has 90 valence electrons. The molecule has 8 heteroatoms. The predicted molar refractivity (Wildman–Crippen MR) is 57.6 cm³/mol. The standard InChI is InChI=1S/C9H11N5O3/c1-14-3-2-11-8(14)9(17)12-4-5(15)6(13-9)7(10)16/h2-4,13,15,17H,1H3,(H2,10,16). The minimum absolute atomic E-state index is 0.167. The van der Waals surface area contributed by atoms with Crippen molar-refractivity contribution in [1.29, 1.82) is 0 Å². The van der Waals surface area contributed by atoms with Crippen LogP contribution in [0.4, 0.5) is 0 Å². The van der Waals surface area contributed by atoms with E-state index in [-0.39, 0.29) is 11.5 Å². The van der Waals surface area contributed by atoms with Crippen molar-refractivity contribution >= 4 is 12.1 Å². The van der Waals surface area contributed by atoms with Crippen molar-refractivity contribution in [2.75, 3.05) is 0 Å². The molecule has 1 aromatic heterocycles. The molecule has 0 spiro atoms. The van der Waals surface area contributed by atoms with Gasteiger partial charge in [0.15, 0.2) is 11.6 Å². The molecular weight excluding hydrogens is 226 g/mol. The van der Waals surface area contributed by atoms with E-state index >= 15 is 0 Å². The van der Waals surface area contributed by atoms with Crippen molar-refractivity contribution in [3.8, 4) is 0 Å². The third kappa shape index (κ3) is 1.74. The summed E-state index contributed by atoms with van der Waals surface area (Å²) in [6, 6.07) is 0. The zero-order chi connectivity index (χ0) is 12.6. The number of imidazole rings is 1. The Morgan fingerprint density at radius 1 is 1.65 bits per heavy atom. The van der Waals surface area contributed by atoms with Crippen LogP contribution < -0.4 is 11.1 Å². The van der Waals surface area contributed by atoms with Crippen molar-refractivity contribution in [3.63, 3.8) is 0 Å². The number of nitrogens with two attached hydrogens (primary N) is 1. The van der Waals surface area contributed by atoms with Gasteiger partial charge in [0.1, 0.15) is 5.70 Å². The highest BCUT2D eigenvalue weighted by molar-refractivity contribution is 5.98. The molecule has 0 aliphatic carbocycles. The lowest BCUT2D eigenvalue weighted by atomic mass is 10.2. The number of aliphatic hydroxyl groups excluding tert-OH is 1. The van der Waals surface area contributed by atoms with Crippen LogP contribution in [0.2, 0.25) is 0 Å². The Bertz CT molecular complexity index is 532. The van der Waals surface area contributed by atoms with Crippen molar-refractivity contribution in [2.45, 2.75) is 5.85 Å². The van der Waals surface area contributed by atoms with Gasteiger partial charge < -0.3 is 25.8 Å². The summed E-state index contributed by atoms with van der Waals surface area (Å²) in [6.07, 6.45) is 4.02. The first-order valence-corrected chi connectivity index (χ1v) is 4.70. The maximum absolute atomic E-state index is 11.0. The van der Waals surface area contributed by atoms with Crippen molar-refractivity contribution in [1.82, 2.24) is 14.9 Å². The largest absolute Gasteiger partial charge is 0.504 e. The molecule has 1 aliphatic heterocycles. The lowest BCUT2D eigenvalue weighted by molar-refractivity contribution is -0.116. The number of hydrogen-bond donors (Lipinski definition) is 4. The number of amides is 1. The fourth-order valence-electron chi connectivity index (χ4n) is 1.49. The van der Waals surface area contributed by atoms with Gasteiger partial charge in [-0.05, 0) is 0 Å². The van der Waals surface area contributed by atoms with Crippen molar-refractivity contribution < 1.29 is 15.0 Å². The Labute approximate surface area is 96.1 Å². The molecule has 0 aromatic carbocycles. The summed E-state index contributed by atoms with van der Waals surface area (Å²) in [5, 5.41) is 21.9. The zero-order valence-electron chi connectivity index (χ0n) is 8.95. The minimum Gasteiger partial charge on any atom is -0.504 e. The second kappa shape index (κ2) is 3.59. The number of primary amides is 1. The number of rotatable bonds is 2. The second-order valence-corrected chi connectivity index (χ2v) is 3.54. The second-order valence-electron chi connectivity index (χ2n) is 3.54. The maximum Gasteiger partial charge on any atom is 0.296 e. The molecule has 1 unspecified atom stereocenters. The number of allylic oxidation sites excluding steroid dienone is 1. The molecular formula is C9H11N5O3. The summed E-state index contributed by atoms with van der Waals surface area (Å²) in [5.41, 5.74) is 4.74. The quantitative estimate of drug-likeness (QED) is 0.495. The van der Waals surface area contributed by atoms with E-state index in [1.54, 1.807) is 13.2 Å². The zero-order valence-corrected chi connectivity index (χ0v) is 8.95. The highest BCUT2D eigenvalue weighted by atomic mass is 16.3. The Kier molecular flexibility index (Phi) is 2.36. The fraction of sp³-hybridized carbons (Fsp3) is 0.222. The molecule has 2 rings (SSSR count). The average molecular weight is 237 g/mol. The number of aliphatic imine (C=N–C) groups is 1. The van der Waals surface area contributed by atoms with Gasteiger partial charge in [-0.2, -0.15) is 0 Å². The van der Waals surface area contributed by atoms with Crippen LogP contribution in [0.1, 0.15) is 5.82 Å². The summed E-state index contributed by atoms with van der Waals surface area (Å²) < 4.78 is 1.52. The van der Waals surface area contributed by atoms with E-state index in [0.717, 1.165) is 6.21 Å². The smallest absolute Gasteiger partial charge is 0.296 e. The summed E-state index contributed by atoms with van der Waals surface area (Å²) in [4.78, 5) is 18.7. The Morgan fingerprint density at radius 2 is 2.35 bits per heavy atom. The number of nitrogens with zero attached hydrogens (tertiary/aromatic N) is 3. The van der Waals surface area contributed by atoms with Crippen LogP contribution in [0.3, 0.4) is 0 Å². The van der Waals surface area contributed by atoms with Gasteiger partial charge in [-0.1, -0.05) is 0 Å². The van der Waals surface area contributed by atoms with E-state index in [1.807, 2.05) is 0 Å². The fourth-order valence-corrected chi connectivity index (χ4v) is 1.49. The molecule has 0 saturated carbocycles.